The Hall–Kier alpha value is -7.16. The fourth-order valence-corrected chi connectivity index (χ4v) is 12.1. The van der Waals surface area contributed by atoms with E-state index in [0.717, 1.165) is 5.69 Å². The summed E-state index contributed by atoms with van der Waals surface area (Å²) in [4.78, 5) is 2.53. The Morgan fingerprint density at radius 1 is 0.435 bits per heavy atom. The van der Waals surface area contributed by atoms with Crippen LogP contribution in [0.3, 0.4) is 0 Å². The molecule has 2 heteroatoms. The molecule has 0 aliphatic heterocycles. The van der Waals surface area contributed by atoms with Crippen molar-refractivity contribution in [1.29, 1.82) is 0 Å². The van der Waals surface area contributed by atoms with Crippen molar-refractivity contribution in [2.45, 2.75) is 44.4 Å². The molecule has 9 aromatic carbocycles. The lowest BCUT2D eigenvalue weighted by Crippen LogP contribution is -2.27. The maximum absolute atomic E-state index is 2.55. The number of rotatable bonds is 4. The summed E-state index contributed by atoms with van der Waals surface area (Å²) < 4.78 is 2.55. The van der Waals surface area contributed by atoms with Crippen molar-refractivity contribution in [2.75, 3.05) is 4.90 Å². The minimum absolute atomic E-state index is 0.115. The largest absolute Gasteiger partial charge is 0.312 e. The highest BCUT2D eigenvalue weighted by atomic mass is 15.1. The van der Waals surface area contributed by atoms with E-state index < -0.39 is 0 Å². The maximum Gasteiger partial charge on any atom is 0.0538 e. The first kappa shape index (κ1) is 35.6. The monoisotopic (exact) mass is 794 g/mol. The first-order chi connectivity index (χ1) is 30.3. The zero-order valence-corrected chi connectivity index (χ0v) is 35.5. The van der Waals surface area contributed by atoms with Crippen molar-refractivity contribution >= 4 is 76.9 Å². The molecule has 1 heterocycles. The topological polar surface area (TPSA) is 8.17 Å². The highest BCUT2D eigenvalue weighted by Gasteiger charge is 2.48. The van der Waals surface area contributed by atoms with Crippen LogP contribution in [0.15, 0.2) is 194 Å². The molecule has 0 fully saturated rings. The predicted molar refractivity (Wildman–Crippen MR) is 263 cm³/mol. The molecule has 2 nitrogen and oxygen atoms in total. The summed E-state index contributed by atoms with van der Waals surface area (Å²) in [6, 6.07) is 66.3. The van der Waals surface area contributed by atoms with Crippen molar-refractivity contribution in [1.82, 2.24) is 4.57 Å². The maximum atomic E-state index is 2.55. The molecule has 0 spiro atoms. The van der Waals surface area contributed by atoms with E-state index in [-0.39, 0.29) is 16.7 Å². The zero-order chi connectivity index (χ0) is 41.5. The number of allylic oxidation sites excluding steroid dienone is 4. The van der Waals surface area contributed by atoms with Gasteiger partial charge in [0.2, 0.25) is 0 Å². The van der Waals surface area contributed by atoms with E-state index in [0.29, 0.717) is 5.92 Å². The second-order valence-electron chi connectivity index (χ2n) is 18.9. The molecule has 10 aromatic rings. The molecule has 3 aliphatic carbocycles. The number of anilines is 3. The van der Waals surface area contributed by atoms with Crippen LogP contribution in [0, 0.1) is 5.92 Å². The predicted octanol–water partition coefficient (Wildman–Crippen LogP) is 16.1. The van der Waals surface area contributed by atoms with Crippen LogP contribution >= 0.6 is 0 Å². The molecular formula is C60H46N2. The summed E-state index contributed by atoms with van der Waals surface area (Å²) >= 11 is 0. The molecule has 0 N–H and O–H groups in total. The number of para-hydroxylation sites is 2. The number of fused-ring (bicyclic) bond motifs is 15. The van der Waals surface area contributed by atoms with E-state index in [1.54, 1.807) is 0 Å². The number of aromatic nitrogens is 1. The number of nitrogens with zero attached hydrogens (tertiary/aromatic N) is 2. The van der Waals surface area contributed by atoms with Crippen LogP contribution in [0.4, 0.5) is 17.1 Å². The summed E-state index contributed by atoms with van der Waals surface area (Å²) in [5.74, 6) is 0.520. The molecule has 2 unspecified atom stereocenters. The third-order valence-electron chi connectivity index (χ3n) is 15.1. The Bertz CT molecular complexity index is 3520. The lowest BCUT2D eigenvalue weighted by molar-refractivity contribution is 0.395. The van der Waals surface area contributed by atoms with E-state index in [1.807, 2.05) is 0 Å². The molecule has 0 saturated heterocycles. The van der Waals surface area contributed by atoms with Crippen molar-refractivity contribution in [3.8, 4) is 11.1 Å². The Kier molecular flexibility index (Phi) is 7.28. The summed E-state index contributed by atoms with van der Waals surface area (Å²) in [6.45, 7) is 9.70. The molecule has 13 rings (SSSR count). The second kappa shape index (κ2) is 12.7. The van der Waals surface area contributed by atoms with Gasteiger partial charge in [0.1, 0.15) is 0 Å². The summed E-state index contributed by atoms with van der Waals surface area (Å²) in [5, 5.41) is 10.3. The van der Waals surface area contributed by atoms with Crippen molar-refractivity contribution in [2.24, 2.45) is 5.92 Å². The second-order valence-corrected chi connectivity index (χ2v) is 18.9. The standard InChI is InChI=1S/C60H46N2/c1-59(2)51-23-12-9-20-45(51)46-32-29-38(35-53(46)59)61(37-28-31-44-42-18-6-5-16-40(42)41-17-7-8-19-43(41)50(44)34-37)39-30-33-49-54(36-39)60(3,4)52-24-15-27-57(58(49)52)62-55-25-13-10-21-47(55)48-22-11-14-26-56(48)62/h5-36,52,58H,1-4H3. The van der Waals surface area contributed by atoms with Crippen molar-refractivity contribution in [3.63, 3.8) is 0 Å². The van der Waals surface area contributed by atoms with Crippen molar-refractivity contribution in [3.05, 3.63) is 216 Å². The third kappa shape index (κ3) is 4.75. The average molecular weight is 795 g/mol. The van der Waals surface area contributed by atoms with Gasteiger partial charge < -0.3 is 9.47 Å². The number of benzene rings is 9. The average Bonchev–Trinajstić information content (AvgIpc) is 3.86. The van der Waals surface area contributed by atoms with Gasteiger partial charge in [-0.3, -0.25) is 0 Å². The lowest BCUT2D eigenvalue weighted by atomic mass is 9.73. The lowest BCUT2D eigenvalue weighted by Gasteiger charge is -2.33. The molecule has 1 aromatic heterocycles. The van der Waals surface area contributed by atoms with Crippen LogP contribution in [0.5, 0.6) is 0 Å². The first-order valence-corrected chi connectivity index (χ1v) is 22.2. The van der Waals surface area contributed by atoms with E-state index in [2.05, 4.69) is 231 Å². The molecule has 0 bridgehead atoms. The normalized spacial score (nSPS) is 18.0. The van der Waals surface area contributed by atoms with E-state index in [9.17, 15) is 0 Å². The molecular weight excluding hydrogens is 749 g/mol. The van der Waals surface area contributed by atoms with Crippen LogP contribution < -0.4 is 4.90 Å². The van der Waals surface area contributed by atoms with Crippen molar-refractivity contribution < 1.29 is 0 Å². The molecule has 2 atom stereocenters. The van der Waals surface area contributed by atoms with Gasteiger partial charge in [-0.25, -0.2) is 0 Å². The number of hydrogen-bond acceptors (Lipinski definition) is 1. The van der Waals surface area contributed by atoms with Gasteiger partial charge >= 0.3 is 0 Å². The highest BCUT2D eigenvalue weighted by Crippen LogP contribution is 2.58. The molecule has 296 valence electrons. The van der Waals surface area contributed by atoms with Crippen LogP contribution in [0.2, 0.25) is 0 Å². The van der Waals surface area contributed by atoms with E-state index in [1.165, 1.54) is 105 Å². The Morgan fingerprint density at radius 3 is 1.61 bits per heavy atom. The van der Waals surface area contributed by atoms with Gasteiger partial charge in [-0.1, -0.05) is 167 Å². The van der Waals surface area contributed by atoms with Gasteiger partial charge in [0, 0.05) is 44.9 Å². The van der Waals surface area contributed by atoms with E-state index in [4.69, 9.17) is 0 Å². The smallest absolute Gasteiger partial charge is 0.0538 e. The minimum atomic E-state index is -0.121. The molecule has 0 radical (unpaired) electrons. The Balaban J connectivity index is 1.03. The fourth-order valence-electron chi connectivity index (χ4n) is 12.1. The van der Waals surface area contributed by atoms with Crippen LogP contribution in [-0.2, 0) is 10.8 Å². The first-order valence-electron chi connectivity index (χ1n) is 22.2. The Labute approximate surface area is 362 Å². The number of hydrogen-bond donors (Lipinski definition) is 0. The minimum Gasteiger partial charge on any atom is -0.312 e. The van der Waals surface area contributed by atoms with Crippen LogP contribution in [-0.4, -0.2) is 4.57 Å². The van der Waals surface area contributed by atoms with Crippen LogP contribution in [0.1, 0.15) is 55.9 Å². The Morgan fingerprint density at radius 2 is 0.935 bits per heavy atom. The van der Waals surface area contributed by atoms with Crippen LogP contribution in [0.25, 0.3) is 70.9 Å². The van der Waals surface area contributed by atoms with Gasteiger partial charge in [-0.15, -0.1) is 0 Å². The van der Waals surface area contributed by atoms with E-state index >= 15 is 0 Å². The molecule has 0 amide bonds. The third-order valence-corrected chi connectivity index (χ3v) is 15.1. The highest BCUT2D eigenvalue weighted by molar-refractivity contribution is 6.26. The SMILES string of the molecule is CC1(C)c2ccccc2-c2ccc(N(c3ccc4c(c3)C(C)(C)C3C=CC=C(n5c6ccccc6c6ccccc65)C43)c3ccc4c5ccccc5c5ccccc5c4c3)cc21. The quantitative estimate of drug-likeness (QED) is 0.161. The summed E-state index contributed by atoms with van der Waals surface area (Å²) in [6.07, 6.45) is 7.16. The summed E-state index contributed by atoms with van der Waals surface area (Å²) in [5.41, 5.74) is 15.4. The van der Waals surface area contributed by atoms with Gasteiger partial charge in [-0.05, 0) is 132 Å². The summed E-state index contributed by atoms with van der Waals surface area (Å²) in [7, 11) is 0. The van der Waals surface area contributed by atoms with Gasteiger partial charge in [-0.2, -0.15) is 0 Å². The van der Waals surface area contributed by atoms with Gasteiger partial charge in [0.05, 0.1) is 11.0 Å². The molecule has 3 aliphatic rings. The van der Waals surface area contributed by atoms with Gasteiger partial charge in [0.15, 0.2) is 0 Å². The fraction of sp³-hybridized carbons (Fsp3) is 0.133. The van der Waals surface area contributed by atoms with Gasteiger partial charge in [0.25, 0.3) is 0 Å². The zero-order valence-electron chi connectivity index (χ0n) is 35.5. The molecule has 62 heavy (non-hydrogen) atoms. The molecule has 0 saturated carbocycles.